The summed E-state index contributed by atoms with van der Waals surface area (Å²) in [6, 6.07) is 15.3. The molecular formula is C21H17N5O. The molecule has 3 aromatic heterocycles. The Hall–Kier alpha value is -3.54. The van der Waals surface area contributed by atoms with E-state index in [1.165, 1.54) is 16.8 Å². The maximum absolute atomic E-state index is 12.8. The highest BCUT2D eigenvalue weighted by molar-refractivity contribution is 5.86. The number of benzene rings is 1. The summed E-state index contributed by atoms with van der Waals surface area (Å²) in [7, 11) is 0. The molecule has 5 rings (SSSR count). The van der Waals surface area contributed by atoms with Crippen molar-refractivity contribution in [2.24, 2.45) is 0 Å². The smallest absolute Gasteiger partial charge is 0.280 e. The fourth-order valence-electron chi connectivity index (χ4n) is 3.30. The van der Waals surface area contributed by atoms with Crippen LogP contribution in [0.2, 0.25) is 0 Å². The zero-order chi connectivity index (χ0) is 18.2. The predicted octanol–water partition coefficient (Wildman–Crippen LogP) is 3.05. The SMILES string of the molecule is O=c1c2ccc(-c3cc(N4CCC4)ccn3)cc2cnn1-c1ccccn1. The van der Waals surface area contributed by atoms with Crippen LogP contribution in [0, 0.1) is 0 Å². The van der Waals surface area contributed by atoms with Gasteiger partial charge in [0.05, 0.1) is 17.3 Å². The maximum atomic E-state index is 12.8. The molecule has 1 saturated heterocycles. The van der Waals surface area contributed by atoms with Crippen LogP contribution in [0.5, 0.6) is 0 Å². The Kier molecular flexibility index (Phi) is 3.67. The molecule has 0 amide bonds. The average Bonchev–Trinajstić information content (AvgIpc) is 2.68. The van der Waals surface area contributed by atoms with Crippen LogP contribution in [0.1, 0.15) is 6.42 Å². The molecule has 1 aromatic carbocycles. The molecule has 0 atom stereocenters. The van der Waals surface area contributed by atoms with Gasteiger partial charge in [0.15, 0.2) is 5.82 Å². The van der Waals surface area contributed by atoms with E-state index in [0.29, 0.717) is 11.2 Å². The molecule has 1 aliphatic rings. The van der Waals surface area contributed by atoms with Gasteiger partial charge in [-0.05, 0) is 42.8 Å². The second-order valence-electron chi connectivity index (χ2n) is 6.59. The first kappa shape index (κ1) is 15.7. The van der Waals surface area contributed by atoms with Crippen molar-refractivity contribution in [2.75, 3.05) is 18.0 Å². The summed E-state index contributed by atoms with van der Waals surface area (Å²) in [4.78, 5) is 23.8. The number of anilines is 1. The highest BCUT2D eigenvalue weighted by atomic mass is 16.1. The van der Waals surface area contributed by atoms with Gasteiger partial charge in [0, 0.05) is 42.1 Å². The Labute approximate surface area is 155 Å². The number of aromatic nitrogens is 4. The maximum Gasteiger partial charge on any atom is 0.280 e. The van der Waals surface area contributed by atoms with E-state index in [1.54, 1.807) is 18.5 Å². The van der Waals surface area contributed by atoms with Gasteiger partial charge >= 0.3 is 0 Å². The van der Waals surface area contributed by atoms with Crippen LogP contribution in [0.4, 0.5) is 5.69 Å². The predicted molar refractivity (Wildman–Crippen MR) is 105 cm³/mol. The standard InChI is InChI=1S/C21H17N5O/c27-21-18-6-5-15(19-13-17(7-9-22-19)25-10-3-11-25)12-16(18)14-24-26(21)20-4-1-2-8-23-20/h1-2,4-9,12-14H,3,10-11H2. The molecule has 0 unspecified atom stereocenters. The van der Waals surface area contributed by atoms with E-state index in [1.807, 2.05) is 42.6 Å². The largest absolute Gasteiger partial charge is 0.371 e. The lowest BCUT2D eigenvalue weighted by molar-refractivity contribution is 0.617. The van der Waals surface area contributed by atoms with Crippen molar-refractivity contribution >= 4 is 16.5 Å². The van der Waals surface area contributed by atoms with E-state index >= 15 is 0 Å². The molecule has 6 nitrogen and oxygen atoms in total. The first-order valence-electron chi connectivity index (χ1n) is 8.94. The first-order chi connectivity index (χ1) is 13.3. The Balaban J connectivity index is 1.58. The average molecular weight is 355 g/mol. The van der Waals surface area contributed by atoms with Crippen LogP contribution < -0.4 is 10.5 Å². The number of pyridine rings is 2. The topological polar surface area (TPSA) is 63.9 Å². The number of rotatable bonds is 3. The highest BCUT2D eigenvalue weighted by Gasteiger charge is 2.15. The third kappa shape index (κ3) is 2.75. The number of fused-ring (bicyclic) bond motifs is 1. The summed E-state index contributed by atoms with van der Waals surface area (Å²) in [5, 5.41) is 5.69. The minimum atomic E-state index is -0.181. The molecule has 0 spiro atoms. The molecule has 1 fully saturated rings. The van der Waals surface area contributed by atoms with Crippen LogP contribution in [0.25, 0.3) is 27.8 Å². The van der Waals surface area contributed by atoms with Crippen molar-refractivity contribution in [3.63, 3.8) is 0 Å². The minimum Gasteiger partial charge on any atom is -0.371 e. The van der Waals surface area contributed by atoms with E-state index < -0.39 is 0 Å². The van der Waals surface area contributed by atoms with Crippen molar-refractivity contribution in [2.45, 2.75) is 6.42 Å². The van der Waals surface area contributed by atoms with Gasteiger partial charge in [-0.1, -0.05) is 12.1 Å². The van der Waals surface area contributed by atoms with Gasteiger partial charge in [-0.15, -0.1) is 0 Å². The van der Waals surface area contributed by atoms with Crippen molar-refractivity contribution in [3.05, 3.63) is 77.5 Å². The summed E-state index contributed by atoms with van der Waals surface area (Å²) in [5.74, 6) is 0.511. The highest BCUT2D eigenvalue weighted by Crippen LogP contribution is 2.27. The molecule has 0 bridgehead atoms. The summed E-state index contributed by atoms with van der Waals surface area (Å²) in [5.41, 5.74) is 2.88. The van der Waals surface area contributed by atoms with Crippen molar-refractivity contribution < 1.29 is 0 Å². The molecule has 4 aromatic rings. The summed E-state index contributed by atoms with van der Waals surface area (Å²) in [6.45, 7) is 2.19. The number of hydrogen-bond donors (Lipinski definition) is 0. The summed E-state index contributed by atoms with van der Waals surface area (Å²) >= 11 is 0. The van der Waals surface area contributed by atoms with Crippen LogP contribution in [0.3, 0.4) is 0 Å². The first-order valence-corrected chi connectivity index (χ1v) is 8.94. The third-order valence-corrected chi connectivity index (χ3v) is 4.91. The lowest BCUT2D eigenvalue weighted by Gasteiger charge is -2.33. The Morgan fingerprint density at radius 1 is 0.926 bits per heavy atom. The van der Waals surface area contributed by atoms with E-state index in [0.717, 1.165) is 29.7 Å². The van der Waals surface area contributed by atoms with Crippen LogP contribution in [-0.4, -0.2) is 32.8 Å². The molecular weight excluding hydrogens is 338 g/mol. The number of nitrogens with zero attached hydrogens (tertiary/aromatic N) is 5. The summed E-state index contributed by atoms with van der Waals surface area (Å²) in [6.07, 6.45) is 6.42. The molecule has 4 heterocycles. The fraction of sp³-hybridized carbons (Fsp3) is 0.143. The quantitative estimate of drug-likeness (QED) is 0.565. The van der Waals surface area contributed by atoms with Crippen LogP contribution in [0.15, 0.2) is 71.9 Å². The molecule has 6 heteroatoms. The lowest BCUT2D eigenvalue weighted by Crippen LogP contribution is -2.36. The second kappa shape index (κ2) is 6.32. The van der Waals surface area contributed by atoms with Crippen molar-refractivity contribution in [1.29, 1.82) is 0 Å². The van der Waals surface area contributed by atoms with Crippen molar-refractivity contribution in [1.82, 2.24) is 19.7 Å². The van der Waals surface area contributed by atoms with Gasteiger partial charge in [-0.25, -0.2) is 4.98 Å². The normalized spacial score (nSPS) is 13.6. The molecule has 0 N–H and O–H groups in total. The van der Waals surface area contributed by atoms with Gasteiger partial charge < -0.3 is 4.90 Å². The fourth-order valence-corrected chi connectivity index (χ4v) is 3.30. The van der Waals surface area contributed by atoms with E-state index in [-0.39, 0.29) is 5.56 Å². The van der Waals surface area contributed by atoms with Gasteiger partial charge in [0.2, 0.25) is 0 Å². The summed E-state index contributed by atoms with van der Waals surface area (Å²) < 4.78 is 1.32. The third-order valence-electron chi connectivity index (χ3n) is 4.91. The van der Waals surface area contributed by atoms with Gasteiger partial charge in [-0.3, -0.25) is 9.78 Å². The molecule has 0 aliphatic carbocycles. The zero-order valence-corrected chi connectivity index (χ0v) is 14.6. The van der Waals surface area contributed by atoms with Gasteiger partial charge in [0.25, 0.3) is 5.56 Å². The molecule has 1 aliphatic heterocycles. The van der Waals surface area contributed by atoms with E-state index in [4.69, 9.17) is 0 Å². The van der Waals surface area contributed by atoms with Crippen LogP contribution >= 0.6 is 0 Å². The van der Waals surface area contributed by atoms with Gasteiger partial charge in [-0.2, -0.15) is 9.78 Å². The van der Waals surface area contributed by atoms with Crippen molar-refractivity contribution in [3.8, 4) is 17.1 Å². The Morgan fingerprint density at radius 2 is 1.85 bits per heavy atom. The van der Waals surface area contributed by atoms with Crippen LogP contribution in [-0.2, 0) is 0 Å². The van der Waals surface area contributed by atoms with Gasteiger partial charge in [0.1, 0.15) is 0 Å². The lowest BCUT2D eigenvalue weighted by atomic mass is 10.1. The molecule has 0 radical (unpaired) electrons. The van der Waals surface area contributed by atoms with E-state index in [2.05, 4.69) is 26.0 Å². The Morgan fingerprint density at radius 3 is 2.63 bits per heavy atom. The minimum absolute atomic E-state index is 0.181. The monoisotopic (exact) mass is 355 g/mol. The molecule has 0 saturated carbocycles. The molecule has 27 heavy (non-hydrogen) atoms. The Bertz CT molecular complexity index is 1180. The zero-order valence-electron chi connectivity index (χ0n) is 14.6. The second-order valence-corrected chi connectivity index (χ2v) is 6.59. The molecule has 132 valence electrons. The van der Waals surface area contributed by atoms with E-state index in [9.17, 15) is 4.79 Å². The number of hydrogen-bond acceptors (Lipinski definition) is 5.